The predicted molar refractivity (Wildman–Crippen MR) is 61.5 cm³/mol. The largest absolute Gasteiger partial charge is 0.349 e. The van der Waals surface area contributed by atoms with Gasteiger partial charge in [0.1, 0.15) is 10.6 Å². The van der Waals surface area contributed by atoms with Gasteiger partial charge < -0.3 is 5.32 Å². The summed E-state index contributed by atoms with van der Waals surface area (Å²) < 4.78 is 0. The molecule has 3 N–H and O–H groups in total. The molecule has 0 aliphatic carbocycles. The Morgan fingerprint density at radius 3 is 2.62 bits per heavy atom. The van der Waals surface area contributed by atoms with Crippen molar-refractivity contribution in [1.82, 2.24) is 10.2 Å². The molecule has 1 aliphatic rings. The lowest BCUT2D eigenvalue weighted by atomic mass is 10.3. The topological polar surface area (TPSA) is 77.8 Å². The van der Waals surface area contributed by atoms with Gasteiger partial charge in [0.2, 0.25) is 0 Å². The number of rotatable bonds is 0. The third-order valence-electron chi connectivity index (χ3n) is 2.31. The fraction of sp³-hybridized carbons (Fsp3) is 0. The van der Waals surface area contributed by atoms with Crippen LogP contribution in [0.4, 0.5) is 11.4 Å². The molecule has 0 radical (unpaired) electrons. The van der Waals surface area contributed by atoms with Crippen LogP contribution in [-0.4, -0.2) is 10.2 Å². The number of hydrogen-bond donors (Lipinski definition) is 3. The van der Waals surface area contributed by atoms with E-state index in [1.807, 2.05) is 24.3 Å². The molecule has 0 bridgehead atoms. The van der Waals surface area contributed by atoms with Gasteiger partial charge in [0.25, 0.3) is 11.1 Å². The van der Waals surface area contributed by atoms with Crippen LogP contribution < -0.4 is 16.4 Å². The minimum atomic E-state index is -0.323. The molecule has 3 rings (SSSR count). The van der Waals surface area contributed by atoms with Crippen molar-refractivity contribution in [1.29, 1.82) is 0 Å². The van der Waals surface area contributed by atoms with Crippen LogP contribution in [0, 0.1) is 0 Å². The van der Waals surface area contributed by atoms with E-state index in [-0.39, 0.29) is 11.1 Å². The molecule has 2 aromatic rings. The van der Waals surface area contributed by atoms with E-state index >= 15 is 0 Å². The Hall–Kier alpha value is -1.95. The highest BCUT2D eigenvalue weighted by molar-refractivity contribution is 7.99. The van der Waals surface area contributed by atoms with Crippen molar-refractivity contribution < 1.29 is 0 Å². The van der Waals surface area contributed by atoms with Crippen LogP contribution in [0.25, 0.3) is 0 Å². The van der Waals surface area contributed by atoms with Crippen LogP contribution in [0.2, 0.25) is 0 Å². The smallest absolute Gasteiger partial charge is 0.287 e. The second kappa shape index (κ2) is 3.28. The van der Waals surface area contributed by atoms with Gasteiger partial charge in [-0.05, 0) is 12.1 Å². The van der Waals surface area contributed by atoms with Crippen molar-refractivity contribution in [2.75, 3.05) is 5.32 Å². The van der Waals surface area contributed by atoms with Crippen molar-refractivity contribution in [3.05, 3.63) is 45.0 Å². The lowest BCUT2D eigenvalue weighted by molar-refractivity contribution is 0.914. The SMILES string of the molecule is O=c1[nH][nH]c(=O)c2c1Nc1ccccc1S2. The van der Waals surface area contributed by atoms with Crippen molar-refractivity contribution in [3.8, 4) is 0 Å². The highest BCUT2D eigenvalue weighted by Crippen LogP contribution is 2.39. The molecule has 0 saturated heterocycles. The van der Waals surface area contributed by atoms with Gasteiger partial charge in [0, 0.05) is 4.90 Å². The molecule has 0 saturated carbocycles. The first-order valence-electron chi connectivity index (χ1n) is 4.64. The summed E-state index contributed by atoms with van der Waals surface area (Å²) in [6.07, 6.45) is 0. The van der Waals surface area contributed by atoms with Crippen LogP contribution in [0.15, 0.2) is 43.6 Å². The molecule has 1 aromatic carbocycles. The molecular formula is C10H7N3O2S. The number of para-hydroxylation sites is 1. The van der Waals surface area contributed by atoms with Crippen LogP contribution in [0.1, 0.15) is 0 Å². The van der Waals surface area contributed by atoms with E-state index in [9.17, 15) is 9.59 Å². The van der Waals surface area contributed by atoms with E-state index in [2.05, 4.69) is 15.5 Å². The molecular weight excluding hydrogens is 226 g/mol. The maximum Gasteiger partial charge on any atom is 0.287 e. The first-order valence-corrected chi connectivity index (χ1v) is 5.46. The second-order valence-corrected chi connectivity index (χ2v) is 4.39. The van der Waals surface area contributed by atoms with Crippen LogP contribution >= 0.6 is 11.8 Å². The van der Waals surface area contributed by atoms with E-state index < -0.39 is 0 Å². The molecule has 5 nitrogen and oxygen atoms in total. The van der Waals surface area contributed by atoms with Crippen molar-refractivity contribution in [3.63, 3.8) is 0 Å². The molecule has 0 atom stereocenters. The summed E-state index contributed by atoms with van der Waals surface area (Å²) in [7, 11) is 0. The zero-order valence-corrected chi connectivity index (χ0v) is 8.85. The number of aromatic amines is 2. The van der Waals surface area contributed by atoms with Crippen molar-refractivity contribution in [2.45, 2.75) is 9.79 Å². The van der Waals surface area contributed by atoms with E-state index in [1.165, 1.54) is 11.8 Å². The first-order chi connectivity index (χ1) is 7.75. The summed E-state index contributed by atoms with van der Waals surface area (Å²) in [6.45, 7) is 0. The fourth-order valence-electron chi connectivity index (χ4n) is 1.56. The molecule has 6 heteroatoms. The predicted octanol–water partition coefficient (Wildman–Crippen LogP) is 1.27. The number of nitrogens with one attached hydrogen (secondary N) is 3. The third-order valence-corrected chi connectivity index (χ3v) is 3.48. The quantitative estimate of drug-likeness (QED) is 0.546. The van der Waals surface area contributed by atoms with Gasteiger partial charge >= 0.3 is 0 Å². The fourth-order valence-corrected chi connectivity index (χ4v) is 2.55. The Bertz CT molecular complexity index is 616. The van der Waals surface area contributed by atoms with Gasteiger partial charge in [-0.15, -0.1) is 0 Å². The summed E-state index contributed by atoms with van der Waals surface area (Å²) in [5, 5.41) is 7.56. The maximum absolute atomic E-state index is 11.5. The Kier molecular flexibility index (Phi) is 1.90. The highest BCUT2D eigenvalue weighted by Gasteiger charge is 2.20. The molecule has 2 heterocycles. The van der Waals surface area contributed by atoms with Gasteiger partial charge in [-0.25, -0.2) is 0 Å². The lowest BCUT2D eigenvalue weighted by Gasteiger charge is -2.18. The van der Waals surface area contributed by atoms with E-state index in [0.29, 0.717) is 10.6 Å². The number of hydrogen-bond acceptors (Lipinski definition) is 4. The minimum Gasteiger partial charge on any atom is -0.349 e. The first kappa shape index (κ1) is 9.29. The average molecular weight is 233 g/mol. The van der Waals surface area contributed by atoms with Crippen LogP contribution in [0.5, 0.6) is 0 Å². The van der Waals surface area contributed by atoms with Crippen LogP contribution in [0.3, 0.4) is 0 Å². The number of benzene rings is 1. The number of H-pyrrole nitrogens is 2. The summed E-state index contributed by atoms with van der Waals surface area (Å²) in [4.78, 5) is 24.4. The third kappa shape index (κ3) is 1.27. The Balaban J connectivity index is 2.27. The molecule has 0 fully saturated rings. The van der Waals surface area contributed by atoms with Crippen molar-refractivity contribution >= 4 is 23.1 Å². The number of aromatic nitrogens is 2. The molecule has 16 heavy (non-hydrogen) atoms. The van der Waals surface area contributed by atoms with E-state index in [4.69, 9.17) is 0 Å². The standard InChI is InChI=1S/C10H7N3O2S/c14-9-7-8(10(15)13-12-9)16-6-4-2-1-3-5(6)11-7/h1-4,11H,(H,12,14)(H,13,15). The number of fused-ring (bicyclic) bond motifs is 2. The van der Waals surface area contributed by atoms with Crippen LogP contribution in [-0.2, 0) is 0 Å². The molecule has 80 valence electrons. The molecule has 1 aliphatic heterocycles. The highest BCUT2D eigenvalue weighted by atomic mass is 32.2. The zero-order valence-electron chi connectivity index (χ0n) is 8.03. The summed E-state index contributed by atoms with van der Waals surface area (Å²) in [5.74, 6) is 0. The van der Waals surface area contributed by atoms with Gasteiger partial charge in [-0.3, -0.25) is 19.8 Å². The van der Waals surface area contributed by atoms with Gasteiger partial charge in [-0.1, -0.05) is 23.9 Å². The average Bonchev–Trinajstić information content (AvgIpc) is 2.32. The van der Waals surface area contributed by atoms with Crippen molar-refractivity contribution in [2.24, 2.45) is 0 Å². The normalized spacial score (nSPS) is 12.5. The Morgan fingerprint density at radius 1 is 1.00 bits per heavy atom. The number of anilines is 2. The Labute approximate surface area is 93.9 Å². The zero-order chi connectivity index (χ0) is 11.1. The summed E-state index contributed by atoms with van der Waals surface area (Å²) in [6, 6.07) is 7.53. The van der Waals surface area contributed by atoms with E-state index in [0.717, 1.165) is 10.6 Å². The maximum atomic E-state index is 11.5. The van der Waals surface area contributed by atoms with Gasteiger partial charge in [0.05, 0.1) is 5.69 Å². The second-order valence-electron chi connectivity index (χ2n) is 3.34. The molecule has 0 unspecified atom stereocenters. The Morgan fingerprint density at radius 2 is 1.75 bits per heavy atom. The van der Waals surface area contributed by atoms with E-state index in [1.54, 1.807) is 0 Å². The summed E-state index contributed by atoms with van der Waals surface area (Å²) >= 11 is 1.30. The monoisotopic (exact) mass is 233 g/mol. The molecule has 0 spiro atoms. The minimum absolute atomic E-state index is 0.290. The summed E-state index contributed by atoms with van der Waals surface area (Å²) in [5.41, 5.74) is 0.543. The van der Waals surface area contributed by atoms with Gasteiger partial charge in [0.15, 0.2) is 0 Å². The molecule has 1 aromatic heterocycles. The molecule has 0 amide bonds. The lowest BCUT2D eigenvalue weighted by Crippen LogP contribution is -2.25. The van der Waals surface area contributed by atoms with Gasteiger partial charge in [-0.2, -0.15) is 0 Å².